The molecule has 1 N–H and O–H groups in total. The van der Waals surface area contributed by atoms with Crippen LogP contribution in [0.5, 0.6) is 0 Å². The molecule has 0 aliphatic carbocycles. The van der Waals surface area contributed by atoms with E-state index in [1.807, 2.05) is 0 Å². The molecule has 0 unspecified atom stereocenters. The summed E-state index contributed by atoms with van der Waals surface area (Å²) in [6, 6.07) is 4.96. The molecule has 0 saturated carbocycles. The Balaban J connectivity index is 2.57. The molecule has 0 radical (unpaired) electrons. The van der Waals surface area contributed by atoms with Gasteiger partial charge in [0.05, 0.1) is 17.3 Å². The number of nitro benzene ring substituents is 1. The molecule has 0 fully saturated rings. The smallest absolute Gasteiger partial charge is 0.289 e. The third-order valence-electron chi connectivity index (χ3n) is 2.38. The van der Waals surface area contributed by atoms with Gasteiger partial charge >= 0.3 is 0 Å². The van der Waals surface area contributed by atoms with Crippen molar-refractivity contribution in [2.24, 2.45) is 4.99 Å². The molecule has 1 aliphatic heterocycles. The van der Waals surface area contributed by atoms with E-state index in [-0.39, 0.29) is 0 Å². The van der Waals surface area contributed by atoms with Crippen molar-refractivity contribution in [2.45, 2.75) is 4.90 Å². The van der Waals surface area contributed by atoms with Gasteiger partial charge in [0.2, 0.25) is 0 Å². The van der Waals surface area contributed by atoms with Crippen LogP contribution in [0.15, 0.2) is 58.5 Å². The fourth-order valence-corrected chi connectivity index (χ4v) is 2.87. The largest absolute Gasteiger partial charge is 0.505 e. The second-order valence-electron chi connectivity index (χ2n) is 3.69. The van der Waals surface area contributed by atoms with Gasteiger partial charge in [-0.05, 0) is 6.07 Å². The van der Waals surface area contributed by atoms with Gasteiger partial charge in [0.15, 0.2) is 10.7 Å². The van der Waals surface area contributed by atoms with Crippen molar-refractivity contribution in [3.63, 3.8) is 0 Å². The maximum Gasteiger partial charge on any atom is 0.289 e. The summed E-state index contributed by atoms with van der Waals surface area (Å²) >= 11 is 0. The lowest BCUT2D eigenvalue weighted by Crippen LogP contribution is -2.22. The van der Waals surface area contributed by atoms with Crippen LogP contribution in [0.3, 0.4) is 0 Å². The predicted octanol–water partition coefficient (Wildman–Crippen LogP) is 1.54. The van der Waals surface area contributed by atoms with Gasteiger partial charge in [-0.15, -0.1) is 0 Å². The predicted molar refractivity (Wildman–Crippen MR) is 70.5 cm³/mol. The second kappa shape index (κ2) is 5.13. The number of aliphatic hydroxyl groups is 1. The number of para-hydroxylation sites is 1. The van der Waals surface area contributed by atoms with E-state index in [1.54, 1.807) is 0 Å². The standard InChI is InChI=1S/C11H9N3O5S/c15-9-7-12-5-6-13(8-9)20(18,19)11-4-2-1-3-10(11)14(16)17/h1-8,15H. The van der Waals surface area contributed by atoms with Crippen molar-refractivity contribution < 1.29 is 18.4 Å². The fourth-order valence-electron chi connectivity index (χ4n) is 1.52. The van der Waals surface area contributed by atoms with Crippen molar-refractivity contribution >= 4 is 21.9 Å². The summed E-state index contributed by atoms with van der Waals surface area (Å²) < 4.78 is 25.4. The van der Waals surface area contributed by atoms with Gasteiger partial charge in [-0.3, -0.25) is 15.1 Å². The van der Waals surface area contributed by atoms with Crippen molar-refractivity contribution in [3.05, 3.63) is 58.7 Å². The van der Waals surface area contributed by atoms with Crippen LogP contribution < -0.4 is 0 Å². The summed E-state index contributed by atoms with van der Waals surface area (Å²) in [5.41, 5.74) is -0.543. The van der Waals surface area contributed by atoms with Crippen LogP contribution in [-0.2, 0) is 10.0 Å². The fraction of sp³-hybridized carbons (Fsp3) is 0. The number of allylic oxidation sites excluding steroid dienone is 1. The monoisotopic (exact) mass is 295 g/mol. The van der Waals surface area contributed by atoms with Crippen LogP contribution in [0, 0.1) is 10.1 Å². The number of benzene rings is 1. The number of hydrogen-bond acceptors (Lipinski definition) is 6. The number of nitro groups is 1. The Bertz CT molecular complexity index is 736. The minimum Gasteiger partial charge on any atom is -0.505 e. The molecule has 1 heterocycles. The van der Waals surface area contributed by atoms with Crippen LogP contribution in [0.4, 0.5) is 5.69 Å². The molecular formula is C11H9N3O5S. The minimum atomic E-state index is -4.21. The van der Waals surface area contributed by atoms with Crippen LogP contribution in [0.1, 0.15) is 0 Å². The lowest BCUT2D eigenvalue weighted by atomic mass is 10.3. The number of sulfonamides is 1. The van der Waals surface area contributed by atoms with E-state index < -0.39 is 31.3 Å². The molecule has 0 saturated heterocycles. The van der Waals surface area contributed by atoms with Gasteiger partial charge in [-0.25, -0.2) is 12.7 Å². The zero-order valence-corrected chi connectivity index (χ0v) is 10.8. The summed E-state index contributed by atoms with van der Waals surface area (Å²) in [6.07, 6.45) is 4.17. The number of rotatable bonds is 3. The summed E-state index contributed by atoms with van der Waals surface area (Å²) in [5.74, 6) is -0.392. The van der Waals surface area contributed by atoms with E-state index in [1.165, 1.54) is 12.1 Å². The van der Waals surface area contributed by atoms with E-state index in [9.17, 15) is 23.6 Å². The van der Waals surface area contributed by atoms with Crippen LogP contribution >= 0.6 is 0 Å². The first-order chi connectivity index (χ1) is 9.43. The van der Waals surface area contributed by atoms with E-state index in [2.05, 4.69) is 4.99 Å². The first-order valence-electron chi connectivity index (χ1n) is 5.30. The third-order valence-corrected chi connectivity index (χ3v) is 4.07. The normalized spacial score (nSPS) is 14.8. The highest BCUT2D eigenvalue weighted by Crippen LogP contribution is 2.27. The molecule has 0 atom stereocenters. The van der Waals surface area contributed by atoms with Crippen LogP contribution in [0.2, 0.25) is 0 Å². The molecule has 20 heavy (non-hydrogen) atoms. The van der Waals surface area contributed by atoms with Gasteiger partial charge in [0.25, 0.3) is 15.7 Å². The van der Waals surface area contributed by atoms with E-state index in [0.717, 1.165) is 36.9 Å². The lowest BCUT2D eigenvalue weighted by molar-refractivity contribution is -0.387. The summed E-state index contributed by atoms with van der Waals surface area (Å²) in [7, 11) is -4.21. The first-order valence-corrected chi connectivity index (χ1v) is 6.74. The Morgan fingerprint density at radius 3 is 2.70 bits per heavy atom. The van der Waals surface area contributed by atoms with Gasteiger partial charge in [-0.2, -0.15) is 0 Å². The molecule has 0 bridgehead atoms. The van der Waals surface area contributed by atoms with Crippen molar-refractivity contribution in [1.82, 2.24) is 4.31 Å². The number of nitrogens with zero attached hydrogens (tertiary/aromatic N) is 3. The maximum atomic E-state index is 12.4. The first kappa shape index (κ1) is 13.7. The zero-order valence-electron chi connectivity index (χ0n) is 9.95. The SMILES string of the molecule is O=[N+]([O-])c1ccccc1S(=O)(=O)N1C=CN=CC(O)=C1. The van der Waals surface area contributed by atoms with Gasteiger partial charge in [0.1, 0.15) is 0 Å². The summed E-state index contributed by atoms with van der Waals surface area (Å²) in [5, 5.41) is 20.3. The number of hydrogen-bond donors (Lipinski definition) is 1. The van der Waals surface area contributed by atoms with Crippen molar-refractivity contribution in [3.8, 4) is 0 Å². The average molecular weight is 295 g/mol. The molecule has 0 spiro atoms. The Morgan fingerprint density at radius 2 is 2.00 bits per heavy atom. The minimum absolute atomic E-state index is 0.392. The highest BCUT2D eigenvalue weighted by molar-refractivity contribution is 7.89. The zero-order chi connectivity index (χ0) is 14.8. The van der Waals surface area contributed by atoms with Gasteiger partial charge in [0, 0.05) is 18.5 Å². The molecular weight excluding hydrogens is 286 g/mol. The molecule has 9 heteroatoms. The molecule has 104 valence electrons. The van der Waals surface area contributed by atoms with E-state index >= 15 is 0 Å². The summed E-state index contributed by atoms with van der Waals surface area (Å²) in [4.78, 5) is 13.2. The van der Waals surface area contributed by atoms with Crippen molar-refractivity contribution in [2.75, 3.05) is 0 Å². The molecule has 0 amide bonds. The molecule has 8 nitrogen and oxygen atoms in total. The average Bonchev–Trinajstić information content (AvgIpc) is 2.64. The Morgan fingerprint density at radius 1 is 1.30 bits per heavy atom. The van der Waals surface area contributed by atoms with Crippen LogP contribution in [-0.4, -0.2) is 29.0 Å². The van der Waals surface area contributed by atoms with Crippen LogP contribution in [0.25, 0.3) is 0 Å². The highest BCUT2D eigenvalue weighted by atomic mass is 32.2. The van der Waals surface area contributed by atoms with E-state index in [0.29, 0.717) is 4.31 Å². The molecule has 2 rings (SSSR count). The molecule has 0 aromatic heterocycles. The maximum absolute atomic E-state index is 12.4. The van der Waals surface area contributed by atoms with Crippen molar-refractivity contribution in [1.29, 1.82) is 0 Å². The van der Waals surface area contributed by atoms with Gasteiger partial charge < -0.3 is 5.11 Å². The lowest BCUT2D eigenvalue weighted by Gasteiger charge is -2.15. The third kappa shape index (κ3) is 2.52. The highest BCUT2D eigenvalue weighted by Gasteiger charge is 2.29. The summed E-state index contributed by atoms with van der Waals surface area (Å²) in [6.45, 7) is 0. The Kier molecular flexibility index (Phi) is 3.53. The van der Waals surface area contributed by atoms with Gasteiger partial charge in [-0.1, -0.05) is 12.1 Å². The van der Waals surface area contributed by atoms with E-state index in [4.69, 9.17) is 0 Å². The quantitative estimate of drug-likeness (QED) is 0.671. The molecule has 1 aliphatic rings. The number of aliphatic imine (C=N–C) groups is 1. The molecule has 1 aromatic carbocycles. The number of aliphatic hydroxyl groups excluding tert-OH is 1. The Labute approximate surface area is 114 Å². The molecule has 1 aromatic rings. The second-order valence-corrected chi connectivity index (χ2v) is 5.50. The Hall–Kier alpha value is -2.68. The topological polar surface area (TPSA) is 113 Å².